The van der Waals surface area contributed by atoms with Crippen molar-refractivity contribution in [3.8, 4) is 22.5 Å². The molecule has 4 rings (SSSR count). The monoisotopic (exact) mass is 282 g/mol. The van der Waals surface area contributed by atoms with E-state index in [0.29, 0.717) is 0 Å². The van der Waals surface area contributed by atoms with Gasteiger partial charge in [0.2, 0.25) is 0 Å². The molecular formula is C20H14N2. The van der Waals surface area contributed by atoms with E-state index in [4.69, 9.17) is 0 Å². The Hall–Kier alpha value is -3.00. The van der Waals surface area contributed by atoms with Gasteiger partial charge in [-0.25, -0.2) is 9.97 Å². The van der Waals surface area contributed by atoms with Crippen LogP contribution in [-0.4, -0.2) is 9.97 Å². The van der Waals surface area contributed by atoms with Crippen LogP contribution in [0.5, 0.6) is 0 Å². The molecule has 2 nitrogen and oxygen atoms in total. The molecule has 0 amide bonds. The third-order valence-corrected chi connectivity index (χ3v) is 3.80. The largest absolute Gasteiger partial charge is 0.236 e. The van der Waals surface area contributed by atoms with Gasteiger partial charge in [-0.3, -0.25) is 0 Å². The van der Waals surface area contributed by atoms with E-state index in [9.17, 15) is 0 Å². The fourth-order valence-corrected chi connectivity index (χ4v) is 2.72. The summed E-state index contributed by atoms with van der Waals surface area (Å²) in [5.41, 5.74) is 4.13. The third kappa shape index (κ3) is 2.25. The van der Waals surface area contributed by atoms with E-state index in [1.165, 1.54) is 10.8 Å². The summed E-state index contributed by atoms with van der Waals surface area (Å²) in [6.07, 6.45) is 1.64. The Bertz CT molecular complexity index is 925. The summed E-state index contributed by atoms with van der Waals surface area (Å²) >= 11 is 0. The van der Waals surface area contributed by atoms with E-state index >= 15 is 0 Å². The van der Waals surface area contributed by atoms with Crippen molar-refractivity contribution in [1.82, 2.24) is 9.97 Å². The van der Waals surface area contributed by atoms with Crippen LogP contribution in [0.15, 0.2) is 85.2 Å². The van der Waals surface area contributed by atoms with Crippen LogP contribution < -0.4 is 0 Å². The second kappa shape index (κ2) is 5.41. The highest BCUT2D eigenvalue weighted by Crippen LogP contribution is 2.28. The zero-order chi connectivity index (χ0) is 14.8. The summed E-state index contributed by atoms with van der Waals surface area (Å²) in [5, 5.41) is 2.43. The average Bonchev–Trinajstić information content (AvgIpc) is 2.62. The minimum absolute atomic E-state index is 0.943. The summed E-state index contributed by atoms with van der Waals surface area (Å²) in [6.45, 7) is 0. The summed E-state index contributed by atoms with van der Waals surface area (Å²) in [5.74, 6) is 0. The quantitative estimate of drug-likeness (QED) is 0.519. The van der Waals surface area contributed by atoms with Crippen molar-refractivity contribution in [1.29, 1.82) is 0 Å². The lowest BCUT2D eigenvalue weighted by atomic mass is 10.0. The predicted molar refractivity (Wildman–Crippen MR) is 90.4 cm³/mol. The van der Waals surface area contributed by atoms with Crippen molar-refractivity contribution >= 4 is 10.8 Å². The van der Waals surface area contributed by atoms with Gasteiger partial charge in [-0.1, -0.05) is 72.8 Å². The molecule has 3 aromatic carbocycles. The van der Waals surface area contributed by atoms with Crippen molar-refractivity contribution < 1.29 is 0 Å². The second-order valence-electron chi connectivity index (χ2n) is 5.18. The van der Waals surface area contributed by atoms with Gasteiger partial charge in [0.15, 0.2) is 0 Å². The number of nitrogens with zero attached hydrogens (tertiary/aromatic N) is 2. The Kier molecular flexibility index (Phi) is 3.13. The molecule has 0 N–H and O–H groups in total. The molecule has 0 unspecified atom stereocenters. The number of fused-ring (bicyclic) bond motifs is 1. The van der Waals surface area contributed by atoms with E-state index in [1.54, 1.807) is 6.33 Å². The van der Waals surface area contributed by atoms with Gasteiger partial charge in [0.25, 0.3) is 0 Å². The zero-order valence-corrected chi connectivity index (χ0v) is 12.0. The van der Waals surface area contributed by atoms with Crippen LogP contribution >= 0.6 is 0 Å². The van der Waals surface area contributed by atoms with Crippen LogP contribution in [0.4, 0.5) is 0 Å². The Balaban J connectivity index is 1.89. The lowest BCUT2D eigenvalue weighted by Gasteiger charge is -2.07. The first-order chi connectivity index (χ1) is 10.9. The highest BCUT2D eigenvalue weighted by molar-refractivity contribution is 5.96. The fourth-order valence-electron chi connectivity index (χ4n) is 2.72. The lowest BCUT2D eigenvalue weighted by molar-refractivity contribution is 1.18. The molecule has 104 valence electrons. The molecule has 4 aromatic rings. The highest BCUT2D eigenvalue weighted by atomic mass is 14.8. The maximum atomic E-state index is 4.47. The van der Waals surface area contributed by atoms with Crippen molar-refractivity contribution in [2.45, 2.75) is 0 Å². The molecule has 0 spiro atoms. The van der Waals surface area contributed by atoms with Gasteiger partial charge >= 0.3 is 0 Å². The molecule has 0 fully saturated rings. The second-order valence-corrected chi connectivity index (χ2v) is 5.18. The van der Waals surface area contributed by atoms with Crippen molar-refractivity contribution in [3.05, 3.63) is 85.2 Å². The van der Waals surface area contributed by atoms with Crippen molar-refractivity contribution in [2.75, 3.05) is 0 Å². The number of hydrogen-bond acceptors (Lipinski definition) is 2. The number of aromatic nitrogens is 2. The third-order valence-electron chi connectivity index (χ3n) is 3.80. The van der Waals surface area contributed by atoms with Crippen molar-refractivity contribution in [3.63, 3.8) is 0 Å². The first-order valence-corrected chi connectivity index (χ1v) is 7.27. The minimum Gasteiger partial charge on any atom is -0.236 e. The summed E-state index contributed by atoms with van der Waals surface area (Å²) < 4.78 is 0. The minimum atomic E-state index is 0.943. The molecule has 1 aromatic heterocycles. The van der Waals surface area contributed by atoms with Crippen LogP contribution in [-0.2, 0) is 0 Å². The van der Waals surface area contributed by atoms with Gasteiger partial charge in [0.05, 0.1) is 11.4 Å². The molecule has 0 aliphatic heterocycles. The molecule has 0 atom stereocenters. The first-order valence-electron chi connectivity index (χ1n) is 7.27. The molecule has 0 aliphatic carbocycles. The highest BCUT2D eigenvalue weighted by Gasteiger charge is 2.07. The normalized spacial score (nSPS) is 10.7. The van der Waals surface area contributed by atoms with E-state index in [1.807, 2.05) is 18.2 Å². The molecule has 1 heterocycles. The van der Waals surface area contributed by atoms with E-state index in [-0.39, 0.29) is 0 Å². The van der Waals surface area contributed by atoms with Gasteiger partial charge in [-0.15, -0.1) is 0 Å². The smallest absolute Gasteiger partial charge is 0.116 e. The Morgan fingerprint density at radius 1 is 0.591 bits per heavy atom. The van der Waals surface area contributed by atoms with Gasteiger partial charge in [-0.05, 0) is 16.8 Å². The molecular weight excluding hydrogens is 268 g/mol. The Labute approximate surface area is 129 Å². The van der Waals surface area contributed by atoms with E-state index < -0.39 is 0 Å². The summed E-state index contributed by atoms with van der Waals surface area (Å²) in [7, 11) is 0. The van der Waals surface area contributed by atoms with Crippen LogP contribution in [0.1, 0.15) is 0 Å². The van der Waals surface area contributed by atoms with Gasteiger partial charge in [0, 0.05) is 11.1 Å². The molecule has 22 heavy (non-hydrogen) atoms. The molecule has 2 heteroatoms. The topological polar surface area (TPSA) is 25.8 Å². The number of hydrogen-bond donors (Lipinski definition) is 0. The molecule has 0 saturated heterocycles. The SMILES string of the molecule is c1ccc(-c2cc(-c3cccc4ccccc34)ncn2)cc1. The maximum absolute atomic E-state index is 4.47. The van der Waals surface area contributed by atoms with Crippen LogP contribution in [0.3, 0.4) is 0 Å². The fraction of sp³-hybridized carbons (Fsp3) is 0. The number of rotatable bonds is 2. The van der Waals surface area contributed by atoms with Gasteiger partial charge in [0.1, 0.15) is 6.33 Å². The molecule has 0 radical (unpaired) electrons. The van der Waals surface area contributed by atoms with E-state index in [2.05, 4.69) is 70.6 Å². The Morgan fingerprint density at radius 2 is 1.32 bits per heavy atom. The van der Waals surface area contributed by atoms with Crippen LogP contribution in [0, 0.1) is 0 Å². The Morgan fingerprint density at radius 3 is 2.23 bits per heavy atom. The first kappa shape index (κ1) is 12.7. The van der Waals surface area contributed by atoms with E-state index in [0.717, 1.165) is 22.5 Å². The molecule has 0 bridgehead atoms. The van der Waals surface area contributed by atoms with Gasteiger partial charge < -0.3 is 0 Å². The van der Waals surface area contributed by atoms with Crippen LogP contribution in [0.25, 0.3) is 33.3 Å². The lowest BCUT2D eigenvalue weighted by Crippen LogP contribution is -1.90. The molecule has 0 aliphatic rings. The van der Waals surface area contributed by atoms with Crippen LogP contribution in [0.2, 0.25) is 0 Å². The zero-order valence-electron chi connectivity index (χ0n) is 12.0. The maximum Gasteiger partial charge on any atom is 0.116 e. The number of benzene rings is 3. The standard InChI is InChI=1S/C20H14N2/c1-2-8-16(9-3-1)19-13-20(22-14-21-19)18-12-6-10-15-7-4-5-11-17(15)18/h1-14H. The molecule has 0 saturated carbocycles. The van der Waals surface area contributed by atoms with Crippen molar-refractivity contribution in [2.24, 2.45) is 0 Å². The van der Waals surface area contributed by atoms with Gasteiger partial charge in [-0.2, -0.15) is 0 Å². The predicted octanol–water partition coefficient (Wildman–Crippen LogP) is 4.96. The summed E-state index contributed by atoms with van der Waals surface area (Å²) in [6, 6.07) is 26.9. The average molecular weight is 282 g/mol. The summed E-state index contributed by atoms with van der Waals surface area (Å²) in [4.78, 5) is 8.88.